The van der Waals surface area contributed by atoms with Crippen LogP contribution >= 0.6 is 11.3 Å². The number of benzene rings is 2. The molecule has 10 nitrogen and oxygen atoms in total. The van der Waals surface area contributed by atoms with Gasteiger partial charge in [-0.05, 0) is 67.6 Å². The summed E-state index contributed by atoms with van der Waals surface area (Å²) in [6.07, 6.45) is -2.11. The molecule has 0 amide bonds. The van der Waals surface area contributed by atoms with Gasteiger partial charge in [0.05, 0.1) is 16.6 Å². The molecular formula is C30H28F3N7O3S2. The Hall–Kier alpha value is -4.34. The molecule has 1 aliphatic rings. The van der Waals surface area contributed by atoms with Gasteiger partial charge >= 0.3 is 6.18 Å². The van der Waals surface area contributed by atoms with Crippen molar-refractivity contribution >= 4 is 49.5 Å². The van der Waals surface area contributed by atoms with Gasteiger partial charge in [-0.15, -0.1) is 11.3 Å². The zero-order valence-electron chi connectivity index (χ0n) is 24.2. The number of hydrogen-bond acceptors (Lipinski definition) is 10. The summed E-state index contributed by atoms with van der Waals surface area (Å²) in [5, 5.41) is 3.24. The van der Waals surface area contributed by atoms with E-state index in [1.807, 2.05) is 24.3 Å². The molecule has 4 heterocycles. The zero-order chi connectivity index (χ0) is 31.9. The van der Waals surface area contributed by atoms with Crippen molar-refractivity contribution in [3.8, 4) is 11.1 Å². The molecule has 0 bridgehead atoms. The Morgan fingerprint density at radius 2 is 1.71 bits per heavy atom. The van der Waals surface area contributed by atoms with Gasteiger partial charge in [0.2, 0.25) is 15.8 Å². The van der Waals surface area contributed by atoms with Gasteiger partial charge < -0.3 is 15.1 Å². The topological polar surface area (TPSA) is 113 Å². The first kappa shape index (κ1) is 30.7. The summed E-state index contributed by atoms with van der Waals surface area (Å²) in [4.78, 5) is 30.6. The molecular weight excluding hydrogens is 628 g/mol. The molecule has 2 aromatic carbocycles. The molecule has 5 aromatic rings. The standard InChI is InChI=1S/C30H28F3N7O3S2/c1-19-13-23(45(42,43)26-16-34-18-44-26)7-8-24(19)25-14-20-15-35-29(37-27(20)40(28(25)41)17-30(31,32)33)36-21-3-5-22(6-4-21)39-11-9-38(2)10-12-39/h3-8,13-16,18H,9-12,17H2,1-2H3,(H,35,36,37). The molecule has 0 atom stereocenters. The van der Waals surface area contributed by atoms with Gasteiger partial charge in [0.15, 0.2) is 0 Å². The first-order chi connectivity index (χ1) is 21.4. The van der Waals surface area contributed by atoms with Crippen LogP contribution in [0.1, 0.15) is 5.56 Å². The van der Waals surface area contributed by atoms with E-state index in [4.69, 9.17) is 0 Å². The first-order valence-corrected chi connectivity index (χ1v) is 16.3. The molecule has 6 rings (SSSR count). The van der Waals surface area contributed by atoms with E-state index in [9.17, 15) is 26.4 Å². The number of nitrogens with zero attached hydrogens (tertiary/aromatic N) is 6. The number of piperazine rings is 1. The maximum Gasteiger partial charge on any atom is 0.406 e. The van der Waals surface area contributed by atoms with Gasteiger partial charge in [0.1, 0.15) is 16.4 Å². The van der Waals surface area contributed by atoms with Crippen molar-refractivity contribution < 1.29 is 21.6 Å². The van der Waals surface area contributed by atoms with Crippen molar-refractivity contribution in [1.82, 2.24) is 24.4 Å². The average molecular weight is 656 g/mol. The van der Waals surface area contributed by atoms with Crippen LogP contribution in [0, 0.1) is 6.92 Å². The molecule has 0 saturated carbocycles. The normalized spacial score (nSPS) is 14.6. The lowest BCUT2D eigenvalue weighted by molar-refractivity contribution is -0.140. The molecule has 1 fully saturated rings. The Balaban J connectivity index is 1.34. The van der Waals surface area contributed by atoms with Crippen molar-refractivity contribution in [2.24, 2.45) is 0 Å². The molecule has 0 unspecified atom stereocenters. The summed E-state index contributed by atoms with van der Waals surface area (Å²) < 4.78 is 67.8. The van der Waals surface area contributed by atoms with Crippen LogP contribution in [-0.4, -0.2) is 72.2 Å². The van der Waals surface area contributed by atoms with Crippen molar-refractivity contribution in [3.63, 3.8) is 0 Å². The number of rotatable bonds is 7. The highest BCUT2D eigenvalue weighted by Crippen LogP contribution is 2.31. The minimum atomic E-state index is -4.71. The lowest BCUT2D eigenvalue weighted by Crippen LogP contribution is -2.44. The number of aromatic nitrogens is 4. The predicted molar refractivity (Wildman–Crippen MR) is 167 cm³/mol. The van der Waals surface area contributed by atoms with E-state index in [1.54, 1.807) is 6.92 Å². The van der Waals surface area contributed by atoms with Crippen molar-refractivity contribution in [2.45, 2.75) is 28.7 Å². The fourth-order valence-corrected chi connectivity index (χ4v) is 7.53. The van der Waals surface area contributed by atoms with E-state index in [2.05, 4.69) is 37.1 Å². The minimum absolute atomic E-state index is 0.0139. The molecule has 3 aromatic heterocycles. The van der Waals surface area contributed by atoms with Crippen LogP contribution in [0.3, 0.4) is 0 Å². The van der Waals surface area contributed by atoms with Gasteiger partial charge in [-0.1, -0.05) is 6.07 Å². The summed E-state index contributed by atoms with van der Waals surface area (Å²) in [5.41, 5.74) is 2.66. The number of sulfone groups is 1. The predicted octanol–water partition coefficient (Wildman–Crippen LogP) is 5.11. The first-order valence-electron chi connectivity index (χ1n) is 13.9. The molecule has 1 aliphatic heterocycles. The monoisotopic (exact) mass is 655 g/mol. The SMILES string of the molecule is Cc1cc(S(=O)(=O)c2cncs2)ccc1-c1cc2cnc(Nc3ccc(N4CCN(C)CC4)cc3)nc2n(CC(F)(F)F)c1=O. The second kappa shape index (κ2) is 11.9. The third-order valence-electron chi connectivity index (χ3n) is 7.63. The van der Waals surface area contributed by atoms with Crippen LogP contribution < -0.4 is 15.8 Å². The molecule has 45 heavy (non-hydrogen) atoms. The largest absolute Gasteiger partial charge is 0.406 e. The number of pyridine rings is 1. The van der Waals surface area contributed by atoms with Crippen LogP contribution in [0.2, 0.25) is 0 Å². The highest BCUT2D eigenvalue weighted by molar-refractivity contribution is 7.93. The molecule has 234 valence electrons. The highest BCUT2D eigenvalue weighted by Gasteiger charge is 2.31. The molecule has 0 radical (unpaired) electrons. The Labute approximate surface area is 260 Å². The quantitative estimate of drug-likeness (QED) is 0.256. The van der Waals surface area contributed by atoms with Crippen LogP contribution in [-0.2, 0) is 16.4 Å². The third kappa shape index (κ3) is 6.41. The van der Waals surface area contributed by atoms with Gasteiger partial charge in [0, 0.05) is 54.7 Å². The molecule has 0 aliphatic carbocycles. The van der Waals surface area contributed by atoms with Gasteiger partial charge in [0.25, 0.3) is 5.56 Å². The Morgan fingerprint density at radius 1 is 0.978 bits per heavy atom. The lowest BCUT2D eigenvalue weighted by Gasteiger charge is -2.34. The molecule has 1 saturated heterocycles. The number of hydrogen-bond donors (Lipinski definition) is 1. The number of nitrogens with one attached hydrogen (secondary N) is 1. The summed E-state index contributed by atoms with van der Waals surface area (Å²) in [7, 11) is -1.76. The van der Waals surface area contributed by atoms with E-state index in [0.29, 0.717) is 21.4 Å². The second-order valence-corrected chi connectivity index (χ2v) is 13.9. The fraction of sp³-hybridized carbons (Fsp3) is 0.267. The van der Waals surface area contributed by atoms with E-state index >= 15 is 0 Å². The number of likely N-dealkylation sites (N-methyl/N-ethyl adjacent to an activating group) is 1. The minimum Gasteiger partial charge on any atom is -0.369 e. The van der Waals surface area contributed by atoms with Crippen molar-refractivity contribution in [2.75, 3.05) is 43.4 Å². The van der Waals surface area contributed by atoms with Gasteiger partial charge in [-0.3, -0.25) is 14.3 Å². The summed E-state index contributed by atoms with van der Waals surface area (Å²) in [5.74, 6) is 0.0340. The number of alkyl halides is 3. The Morgan fingerprint density at radius 3 is 2.36 bits per heavy atom. The lowest BCUT2D eigenvalue weighted by atomic mass is 10.0. The van der Waals surface area contributed by atoms with Gasteiger partial charge in [-0.25, -0.2) is 13.4 Å². The maximum atomic E-state index is 13.7. The molecule has 15 heteroatoms. The average Bonchev–Trinajstić information content (AvgIpc) is 3.56. The van der Waals surface area contributed by atoms with Gasteiger partial charge in [-0.2, -0.15) is 18.2 Å². The van der Waals surface area contributed by atoms with Crippen LogP contribution in [0.4, 0.5) is 30.5 Å². The van der Waals surface area contributed by atoms with Crippen molar-refractivity contribution in [1.29, 1.82) is 0 Å². The maximum absolute atomic E-state index is 13.7. The molecule has 0 spiro atoms. The highest BCUT2D eigenvalue weighted by atomic mass is 32.2. The number of anilines is 3. The number of fused-ring (bicyclic) bond motifs is 1. The summed E-state index contributed by atoms with van der Waals surface area (Å²) in [6.45, 7) is 3.77. The van der Waals surface area contributed by atoms with Crippen LogP contribution in [0.25, 0.3) is 22.2 Å². The zero-order valence-corrected chi connectivity index (χ0v) is 25.9. The summed E-state index contributed by atoms with van der Waals surface area (Å²) in [6, 6.07) is 13.2. The van der Waals surface area contributed by atoms with Crippen LogP contribution in [0.5, 0.6) is 0 Å². The number of aryl methyl sites for hydroxylation is 1. The smallest absolute Gasteiger partial charge is 0.369 e. The van der Waals surface area contributed by atoms with Crippen LogP contribution in [0.15, 0.2) is 80.3 Å². The molecule has 1 N–H and O–H groups in total. The van der Waals surface area contributed by atoms with E-state index in [1.165, 1.54) is 42.2 Å². The van der Waals surface area contributed by atoms with Crippen molar-refractivity contribution in [3.05, 3.63) is 82.4 Å². The van der Waals surface area contributed by atoms with E-state index in [0.717, 1.165) is 43.2 Å². The number of thiazole rings is 1. The second-order valence-electron chi connectivity index (χ2n) is 10.8. The number of halogens is 3. The fourth-order valence-electron chi connectivity index (χ4n) is 5.25. The van der Waals surface area contributed by atoms with E-state index < -0.39 is 28.1 Å². The third-order valence-corrected chi connectivity index (χ3v) is 10.7. The van der Waals surface area contributed by atoms with E-state index in [-0.39, 0.29) is 31.6 Å². The Kier molecular flexibility index (Phi) is 8.09. The summed E-state index contributed by atoms with van der Waals surface area (Å²) >= 11 is 0.969. The Bertz CT molecular complexity index is 2020.